The van der Waals surface area contributed by atoms with Gasteiger partial charge in [-0.2, -0.15) is 0 Å². The van der Waals surface area contributed by atoms with Crippen molar-refractivity contribution in [2.75, 3.05) is 19.7 Å². The number of hydrogen-bond donors (Lipinski definition) is 2. The molecule has 3 aromatic heterocycles. The molecule has 2 amide bonds. The second-order valence-electron chi connectivity index (χ2n) is 11.8. The second-order valence-corrected chi connectivity index (χ2v) is 11.8. The molecule has 0 bridgehead atoms. The number of furan rings is 1. The highest BCUT2D eigenvalue weighted by atomic mass is 16.5. The highest BCUT2D eigenvalue weighted by Gasteiger charge is 2.37. The molecule has 6 heterocycles. The van der Waals surface area contributed by atoms with Gasteiger partial charge in [-0.25, -0.2) is 9.97 Å². The third kappa shape index (κ3) is 4.83. The van der Waals surface area contributed by atoms with Crippen molar-refractivity contribution in [3.05, 3.63) is 83.3 Å². The normalized spacial score (nSPS) is 21.8. The van der Waals surface area contributed by atoms with E-state index in [9.17, 15) is 9.59 Å². The maximum Gasteiger partial charge on any atom is 0.290 e. The smallest absolute Gasteiger partial charge is 0.290 e. The molecule has 0 saturated carbocycles. The first-order chi connectivity index (χ1) is 21.6. The van der Waals surface area contributed by atoms with Gasteiger partial charge in [-0.15, -0.1) is 0 Å². The molecule has 0 radical (unpaired) electrons. The van der Waals surface area contributed by atoms with Gasteiger partial charge in [-0.1, -0.05) is 11.8 Å². The number of benzene rings is 2. The second kappa shape index (κ2) is 11.0. The van der Waals surface area contributed by atoms with Gasteiger partial charge in [0.05, 0.1) is 40.4 Å². The van der Waals surface area contributed by atoms with Crippen molar-refractivity contribution in [1.82, 2.24) is 29.7 Å². The van der Waals surface area contributed by atoms with Crippen LogP contribution >= 0.6 is 0 Å². The number of likely N-dealkylation sites (tertiary alicyclic amines) is 2. The molecule has 44 heavy (non-hydrogen) atoms. The lowest BCUT2D eigenvalue weighted by Gasteiger charge is -2.25. The number of H-pyrrole nitrogens is 2. The first-order valence-electron chi connectivity index (χ1n) is 15.4. The van der Waals surface area contributed by atoms with Gasteiger partial charge in [-0.05, 0) is 87.1 Å². The maximum absolute atomic E-state index is 13.1. The predicted molar refractivity (Wildman–Crippen MR) is 163 cm³/mol. The summed E-state index contributed by atoms with van der Waals surface area (Å²) in [7, 11) is 0. The average molecular weight is 589 g/mol. The quantitative estimate of drug-likeness (QED) is 0.277. The number of aromatic nitrogens is 4. The third-order valence-corrected chi connectivity index (χ3v) is 8.97. The number of ether oxygens (including phenoxy) is 1. The van der Waals surface area contributed by atoms with Crippen molar-refractivity contribution in [2.45, 2.75) is 56.7 Å². The number of imidazole rings is 2. The summed E-state index contributed by atoms with van der Waals surface area (Å²) >= 11 is 0. The summed E-state index contributed by atoms with van der Waals surface area (Å²) in [4.78, 5) is 46.4. The number of rotatable bonds is 4. The van der Waals surface area contributed by atoms with Gasteiger partial charge in [0.25, 0.3) is 11.8 Å². The first-order valence-corrected chi connectivity index (χ1v) is 15.4. The number of nitrogens with zero attached hydrogens (tertiary/aromatic N) is 4. The van der Waals surface area contributed by atoms with E-state index in [-0.39, 0.29) is 30.0 Å². The number of nitrogens with one attached hydrogen (secondary N) is 2. The summed E-state index contributed by atoms with van der Waals surface area (Å²) < 4.78 is 11.0. The van der Waals surface area contributed by atoms with Crippen LogP contribution in [0.1, 0.15) is 83.9 Å². The summed E-state index contributed by atoms with van der Waals surface area (Å²) in [5.74, 6) is 8.47. The Morgan fingerprint density at radius 3 is 2.30 bits per heavy atom. The fourth-order valence-electron chi connectivity index (χ4n) is 6.78. The van der Waals surface area contributed by atoms with Crippen molar-refractivity contribution >= 4 is 33.9 Å². The number of aromatic amines is 2. The average Bonchev–Trinajstić information content (AvgIpc) is 3.89. The molecule has 3 aliphatic rings. The Labute approximate surface area is 253 Å². The summed E-state index contributed by atoms with van der Waals surface area (Å²) in [5.41, 5.74) is 5.21. The Bertz CT molecular complexity index is 1920. The molecule has 3 saturated heterocycles. The van der Waals surface area contributed by atoms with Gasteiger partial charge in [0, 0.05) is 30.8 Å². The van der Waals surface area contributed by atoms with Gasteiger partial charge in [0.1, 0.15) is 17.8 Å². The van der Waals surface area contributed by atoms with Crippen molar-refractivity contribution in [1.29, 1.82) is 0 Å². The van der Waals surface area contributed by atoms with Crippen molar-refractivity contribution < 1.29 is 18.7 Å². The minimum Gasteiger partial charge on any atom is -0.459 e. The number of carbonyl (C=O) groups is 2. The van der Waals surface area contributed by atoms with Crippen LogP contribution in [0.4, 0.5) is 0 Å². The molecule has 2 N–H and O–H groups in total. The van der Waals surface area contributed by atoms with Crippen LogP contribution in [0.5, 0.6) is 0 Å². The fourth-order valence-corrected chi connectivity index (χ4v) is 6.78. The van der Waals surface area contributed by atoms with Gasteiger partial charge in [-0.3, -0.25) is 9.59 Å². The number of carbonyl (C=O) groups excluding carboxylic acids is 2. The van der Waals surface area contributed by atoms with Gasteiger partial charge < -0.3 is 28.9 Å². The van der Waals surface area contributed by atoms with Gasteiger partial charge >= 0.3 is 0 Å². The van der Waals surface area contributed by atoms with Crippen LogP contribution in [-0.4, -0.2) is 67.4 Å². The molecule has 10 heteroatoms. The van der Waals surface area contributed by atoms with E-state index in [1.807, 2.05) is 46.2 Å². The summed E-state index contributed by atoms with van der Waals surface area (Å²) in [5, 5.41) is 0. The molecule has 3 atom stereocenters. The maximum atomic E-state index is 13.1. The number of hydrogen-bond acceptors (Lipinski definition) is 6. The van der Waals surface area contributed by atoms with Gasteiger partial charge in [0.15, 0.2) is 5.76 Å². The SMILES string of the molecule is O=C(c1ccco1)N1CCC[C@H]1c1nc2ccc(C#Cc3ccc4[nH]c([C@@H]5CCCN5C(=O)[C@H]5CCCO5)nc4c3)cc2[nH]1. The predicted octanol–water partition coefficient (Wildman–Crippen LogP) is 5.25. The molecule has 222 valence electrons. The van der Waals surface area contributed by atoms with Crippen LogP contribution in [0.25, 0.3) is 22.1 Å². The van der Waals surface area contributed by atoms with Crippen LogP contribution in [0.15, 0.2) is 59.2 Å². The van der Waals surface area contributed by atoms with E-state index in [0.29, 0.717) is 18.9 Å². The zero-order chi connectivity index (χ0) is 29.6. The Balaban J connectivity index is 1.00. The van der Waals surface area contributed by atoms with Crippen LogP contribution in [-0.2, 0) is 9.53 Å². The monoisotopic (exact) mass is 588 g/mol. The van der Waals surface area contributed by atoms with E-state index >= 15 is 0 Å². The molecule has 0 aliphatic carbocycles. The Kier molecular flexibility index (Phi) is 6.68. The molecule has 0 unspecified atom stereocenters. The zero-order valence-electron chi connectivity index (χ0n) is 24.2. The van der Waals surface area contributed by atoms with Crippen LogP contribution < -0.4 is 0 Å². The van der Waals surface area contributed by atoms with Crippen LogP contribution in [0.3, 0.4) is 0 Å². The Hall–Kier alpha value is -4.88. The lowest BCUT2D eigenvalue weighted by molar-refractivity contribution is -0.142. The Morgan fingerprint density at radius 1 is 0.795 bits per heavy atom. The van der Waals surface area contributed by atoms with Crippen molar-refractivity contribution in [3.8, 4) is 11.8 Å². The van der Waals surface area contributed by atoms with E-state index in [1.54, 1.807) is 12.1 Å². The van der Waals surface area contributed by atoms with Crippen LogP contribution in [0, 0.1) is 11.8 Å². The minimum absolute atomic E-state index is 0.0563. The minimum atomic E-state index is -0.316. The fraction of sp³-hybridized carbons (Fsp3) is 0.353. The summed E-state index contributed by atoms with van der Waals surface area (Å²) in [6, 6.07) is 15.1. The standard InChI is InChI=1S/C34H32N6O4/c41-33(29-7-3-17-43-29)39-15-1-5-27(39)31-35-23-13-11-21(19-25(23)37-31)9-10-22-12-14-24-26(20-22)38-32(36-24)28-6-2-16-40(28)34(42)30-8-4-18-44-30/h3,7,11-14,17,19-20,27-28,30H,1-2,4-6,8,15-16,18H2,(H,35,37)(H,36,38)/t27-,28-,30+/m0/s1. The summed E-state index contributed by atoms with van der Waals surface area (Å²) in [6.07, 6.45) is 6.55. The van der Waals surface area contributed by atoms with E-state index in [4.69, 9.17) is 19.1 Å². The molecule has 3 fully saturated rings. The highest BCUT2D eigenvalue weighted by molar-refractivity contribution is 5.92. The zero-order valence-corrected chi connectivity index (χ0v) is 24.2. The summed E-state index contributed by atoms with van der Waals surface area (Å²) in [6.45, 7) is 2.07. The molecule has 3 aliphatic heterocycles. The van der Waals surface area contributed by atoms with E-state index in [2.05, 4.69) is 21.8 Å². The van der Waals surface area contributed by atoms with E-state index < -0.39 is 0 Å². The molecule has 0 spiro atoms. The van der Waals surface area contributed by atoms with E-state index in [0.717, 1.165) is 89.9 Å². The molecular formula is C34H32N6O4. The van der Waals surface area contributed by atoms with E-state index in [1.165, 1.54) is 6.26 Å². The largest absolute Gasteiger partial charge is 0.459 e. The first kappa shape index (κ1) is 26.7. The third-order valence-electron chi connectivity index (χ3n) is 8.97. The molecular weight excluding hydrogens is 556 g/mol. The molecule has 8 rings (SSSR count). The number of fused-ring (bicyclic) bond motifs is 2. The number of amides is 2. The lowest BCUT2D eigenvalue weighted by Crippen LogP contribution is -2.38. The molecule has 2 aromatic carbocycles. The topological polar surface area (TPSA) is 120 Å². The molecule has 10 nitrogen and oxygen atoms in total. The lowest BCUT2D eigenvalue weighted by atomic mass is 10.1. The van der Waals surface area contributed by atoms with Gasteiger partial charge in [0.2, 0.25) is 0 Å². The Morgan fingerprint density at radius 2 is 1.52 bits per heavy atom. The van der Waals surface area contributed by atoms with Crippen molar-refractivity contribution in [3.63, 3.8) is 0 Å². The molecule has 5 aromatic rings. The highest BCUT2D eigenvalue weighted by Crippen LogP contribution is 2.34. The van der Waals surface area contributed by atoms with Crippen LogP contribution in [0.2, 0.25) is 0 Å². The van der Waals surface area contributed by atoms with Crippen molar-refractivity contribution in [2.24, 2.45) is 0 Å².